The lowest BCUT2D eigenvalue weighted by molar-refractivity contribution is -0.164. The minimum Gasteiger partial charge on any atom is -0.489 e. The fourth-order valence-electron chi connectivity index (χ4n) is 4.17. The van der Waals surface area contributed by atoms with E-state index in [0.717, 1.165) is 5.56 Å². The van der Waals surface area contributed by atoms with Gasteiger partial charge in [0, 0.05) is 11.1 Å². The number of nitrogens with one attached hydrogen (secondary N) is 1. The Morgan fingerprint density at radius 1 is 0.651 bits per heavy atom. The van der Waals surface area contributed by atoms with Gasteiger partial charge in [0.25, 0.3) is 5.91 Å². The first-order valence-electron chi connectivity index (χ1n) is 14.1. The molecule has 4 aromatic rings. The zero-order valence-electron chi connectivity index (χ0n) is 24.3. The van der Waals surface area contributed by atoms with E-state index in [4.69, 9.17) is 18.9 Å². The third kappa shape index (κ3) is 9.19. The summed E-state index contributed by atoms with van der Waals surface area (Å²) < 4.78 is 23.1. The topological polar surface area (TPSA) is 100 Å². The molecule has 0 saturated heterocycles. The van der Waals surface area contributed by atoms with E-state index in [1.165, 1.54) is 6.92 Å². The van der Waals surface area contributed by atoms with Crippen LogP contribution in [0.3, 0.4) is 0 Å². The first kappa shape index (κ1) is 30.8. The Kier molecular flexibility index (Phi) is 10.9. The number of ether oxygens (including phenoxy) is 4. The largest absolute Gasteiger partial charge is 0.489 e. The molecule has 0 saturated carbocycles. The molecule has 1 N–H and O–H groups in total. The fourth-order valence-corrected chi connectivity index (χ4v) is 4.17. The lowest BCUT2D eigenvalue weighted by atomic mass is 10.1. The molecule has 0 aliphatic rings. The maximum Gasteiger partial charge on any atom is 0.352 e. The molecule has 1 amide bonds. The smallest absolute Gasteiger partial charge is 0.352 e. The highest BCUT2D eigenvalue weighted by atomic mass is 16.6. The summed E-state index contributed by atoms with van der Waals surface area (Å²) >= 11 is 0. The third-order valence-electron chi connectivity index (χ3n) is 6.34. The van der Waals surface area contributed by atoms with Crippen LogP contribution in [0.4, 0.5) is 0 Å². The van der Waals surface area contributed by atoms with Gasteiger partial charge in [0.2, 0.25) is 6.10 Å². The van der Waals surface area contributed by atoms with Crippen LogP contribution in [0.2, 0.25) is 0 Å². The lowest BCUT2D eigenvalue weighted by Gasteiger charge is -2.26. The number of benzene rings is 4. The zero-order chi connectivity index (χ0) is 30.6. The second kappa shape index (κ2) is 15.2. The summed E-state index contributed by atoms with van der Waals surface area (Å²) in [6.07, 6.45) is -2.66. The highest BCUT2D eigenvalue weighted by Crippen LogP contribution is 2.26. The number of amides is 1. The van der Waals surface area contributed by atoms with E-state index in [2.05, 4.69) is 5.32 Å². The number of esters is 2. The summed E-state index contributed by atoms with van der Waals surface area (Å²) in [5, 5.41) is 2.66. The Hall–Kier alpha value is -5.11. The molecular formula is C35H35NO7. The molecule has 222 valence electrons. The monoisotopic (exact) mass is 581 g/mol. The molecular weight excluding hydrogens is 546 g/mol. The van der Waals surface area contributed by atoms with E-state index in [0.29, 0.717) is 29.2 Å². The second-order valence-electron chi connectivity index (χ2n) is 10.1. The summed E-state index contributed by atoms with van der Waals surface area (Å²) in [5.74, 6) is -0.898. The summed E-state index contributed by atoms with van der Waals surface area (Å²) in [4.78, 5) is 39.4. The Bertz CT molecular complexity index is 1460. The molecule has 8 heteroatoms. The number of carbonyl (C=O) groups is 3. The Morgan fingerprint density at radius 3 is 1.81 bits per heavy atom. The molecule has 0 aliphatic heterocycles. The maximum atomic E-state index is 13.6. The summed E-state index contributed by atoms with van der Waals surface area (Å²) in [5.41, 5.74) is 1.95. The molecule has 0 radical (unpaired) electrons. The lowest BCUT2D eigenvalue weighted by Crippen LogP contribution is -2.50. The van der Waals surface area contributed by atoms with E-state index in [1.54, 1.807) is 92.7 Å². The number of rotatable bonds is 13. The van der Waals surface area contributed by atoms with E-state index < -0.39 is 42.2 Å². The van der Waals surface area contributed by atoms with Crippen molar-refractivity contribution in [1.29, 1.82) is 0 Å². The molecule has 0 unspecified atom stereocenters. The quantitative estimate of drug-likeness (QED) is 0.191. The van der Waals surface area contributed by atoms with E-state index in [-0.39, 0.29) is 0 Å². The van der Waals surface area contributed by atoms with Crippen LogP contribution in [0.1, 0.15) is 48.4 Å². The molecule has 0 spiro atoms. The average molecular weight is 582 g/mol. The number of hydrogen-bond donors (Lipinski definition) is 1. The van der Waals surface area contributed by atoms with Gasteiger partial charge in [-0.05, 0) is 62.7 Å². The third-order valence-corrected chi connectivity index (χ3v) is 6.34. The van der Waals surface area contributed by atoms with Gasteiger partial charge in [-0.2, -0.15) is 0 Å². The van der Waals surface area contributed by atoms with Gasteiger partial charge in [-0.3, -0.25) is 4.79 Å². The molecule has 43 heavy (non-hydrogen) atoms. The fraction of sp³-hybridized carbons (Fsp3) is 0.229. The first-order chi connectivity index (χ1) is 20.8. The van der Waals surface area contributed by atoms with Crippen molar-refractivity contribution in [2.24, 2.45) is 0 Å². The Balaban J connectivity index is 1.48. The molecule has 0 bridgehead atoms. The zero-order valence-corrected chi connectivity index (χ0v) is 24.3. The van der Waals surface area contributed by atoms with Crippen molar-refractivity contribution in [3.05, 3.63) is 132 Å². The highest BCUT2D eigenvalue weighted by molar-refractivity contribution is 5.97. The van der Waals surface area contributed by atoms with Crippen LogP contribution >= 0.6 is 0 Å². The van der Waals surface area contributed by atoms with Gasteiger partial charge >= 0.3 is 11.9 Å². The second-order valence-corrected chi connectivity index (χ2v) is 10.1. The summed E-state index contributed by atoms with van der Waals surface area (Å²) in [6, 6.07) is 32.8. The standard InChI is InChI=1S/C35H35NO7/c1-24(2)41-34(38)31(36-33(37)28-17-11-6-12-18-28)25(3)42-35(39)32(27-15-9-5-10-16-27)43-30-21-19-29(20-22-30)40-23-26-13-7-4-8-14-26/h4-22,24-25,31-32H,23H2,1-3H3,(H,36,37)/t25-,31+,32-/m1/s1. The Morgan fingerprint density at radius 2 is 1.21 bits per heavy atom. The van der Waals surface area contributed by atoms with Crippen molar-refractivity contribution in [2.45, 2.75) is 51.7 Å². The van der Waals surface area contributed by atoms with Gasteiger partial charge in [-0.1, -0.05) is 78.9 Å². The predicted molar refractivity (Wildman–Crippen MR) is 162 cm³/mol. The summed E-state index contributed by atoms with van der Waals surface area (Å²) in [7, 11) is 0. The average Bonchev–Trinajstić information content (AvgIpc) is 3.02. The van der Waals surface area contributed by atoms with Gasteiger partial charge in [0.05, 0.1) is 6.10 Å². The molecule has 3 atom stereocenters. The first-order valence-corrected chi connectivity index (χ1v) is 14.1. The van der Waals surface area contributed by atoms with Crippen LogP contribution in [0.5, 0.6) is 11.5 Å². The predicted octanol–water partition coefficient (Wildman–Crippen LogP) is 6.07. The molecule has 0 aliphatic carbocycles. The van der Waals surface area contributed by atoms with Crippen molar-refractivity contribution in [1.82, 2.24) is 5.32 Å². The van der Waals surface area contributed by atoms with Gasteiger partial charge in [0.1, 0.15) is 24.2 Å². The molecule has 0 heterocycles. The van der Waals surface area contributed by atoms with Crippen molar-refractivity contribution >= 4 is 17.8 Å². The van der Waals surface area contributed by atoms with Crippen molar-refractivity contribution < 1.29 is 33.3 Å². The van der Waals surface area contributed by atoms with E-state index in [1.807, 2.05) is 36.4 Å². The molecule has 4 aromatic carbocycles. The van der Waals surface area contributed by atoms with Crippen LogP contribution in [0.15, 0.2) is 115 Å². The van der Waals surface area contributed by atoms with Crippen molar-refractivity contribution in [3.63, 3.8) is 0 Å². The van der Waals surface area contributed by atoms with Gasteiger partial charge in [-0.15, -0.1) is 0 Å². The van der Waals surface area contributed by atoms with Crippen LogP contribution in [-0.2, 0) is 25.7 Å². The van der Waals surface area contributed by atoms with Crippen molar-refractivity contribution in [3.8, 4) is 11.5 Å². The molecule has 4 rings (SSSR count). The number of carbonyl (C=O) groups excluding carboxylic acids is 3. The van der Waals surface area contributed by atoms with Crippen molar-refractivity contribution in [2.75, 3.05) is 0 Å². The van der Waals surface area contributed by atoms with Gasteiger partial charge < -0.3 is 24.3 Å². The van der Waals surface area contributed by atoms with Gasteiger partial charge in [-0.25, -0.2) is 9.59 Å². The SMILES string of the molecule is CC(C)OC(=O)[C@@H](NC(=O)c1ccccc1)[C@@H](C)OC(=O)[C@H](Oc1ccc(OCc2ccccc2)cc1)c1ccccc1. The van der Waals surface area contributed by atoms with E-state index >= 15 is 0 Å². The van der Waals surface area contributed by atoms with Gasteiger partial charge in [0.15, 0.2) is 6.04 Å². The highest BCUT2D eigenvalue weighted by Gasteiger charge is 2.35. The van der Waals surface area contributed by atoms with Crippen LogP contribution in [0, 0.1) is 0 Å². The minimum atomic E-state index is -1.25. The maximum absolute atomic E-state index is 13.6. The normalized spacial score (nSPS) is 12.8. The molecule has 0 fully saturated rings. The molecule has 0 aromatic heterocycles. The van der Waals surface area contributed by atoms with Crippen LogP contribution < -0.4 is 14.8 Å². The Labute approximate surface area is 251 Å². The number of hydrogen-bond acceptors (Lipinski definition) is 7. The minimum absolute atomic E-state index is 0.352. The van der Waals surface area contributed by atoms with Crippen LogP contribution in [-0.4, -0.2) is 36.1 Å². The summed E-state index contributed by atoms with van der Waals surface area (Å²) in [6.45, 7) is 5.33. The molecule has 8 nitrogen and oxygen atoms in total. The van der Waals surface area contributed by atoms with E-state index in [9.17, 15) is 14.4 Å². The van der Waals surface area contributed by atoms with Crippen LogP contribution in [0.25, 0.3) is 0 Å².